The number of hydrogen-bond donors (Lipinski definition) is 1. The van der Waals surface area contributed by atoms with Gasteiger partial charge in [0.15, 0.2) is 0 Å². The summed E-state index contributed by atoms with van der Waals surface area (Å²) in [6.07, 6.45) is 0. The van der Waals surface area contributed by atoms with Crippen molar-refractivity contribution in [3.05, 3.63) is 76.8 Å². The molecule has 0 fully saturated rings. The van der Waals surface area contributed by atoms with Gasteiger partial charge < -0.3 is 9.90 Å². The van der Waals surface area contributed by atoms with Crippen LogP contribution in [0.25, 0.3) is 10.8 Å². The molecule has 5 heteroatoms. The lowest BCUT2D eigenvalue weighted by molar-refractivity contribution is -0.255. The zero-order valence-corrected chi connectivity index (χ0v) is 13.7. The minimum Gasteiger partial charge on any atom is -0.545 e. The van der Waals surface area contributed by atoms with E-state index in [-0.39, 0.29) is 10.6 Å². The van der Waals surface area contributed by atoms with Crippen LogP contribution in [0.3, 0.4) is 0 Å². The van der Waals surface area contributed by atoms with E-state index in [0.29, 0.717) is 5.69 Å². The molecule has 3 aromatic carbocycles. The number of nitrogens with zero attached hydrogens (tertiary/aromatic N) is 1. The van der Waals surface area contributed by atoms with Crippen LogP contribution in [0.15, 0.2) is 65.8 Å². The smallest absolute Gasteiger partial charge is 0.0731 e. The second-order valence-electron chi connectivity index (χ2n) is 5.32. The highest BCUT2D eigenvalue weighted by Gasteiger charge is 2.05. The maximum absolute atomic E-state index is 11.0. The molecule has 0 aliphatic heterocycles. The van der Waals surface area contributed by atoms with E-state index in [2.05, 4.69) is 10.5 Å². The lowest BCUT2D eigenvalue weighted by Gasteiger charge is -2.10. The summed E-state index contributed by atoms with van der Waals surface area (Å²) in [5, 5.41) is 17.8. The SMILES string of the molecule is C/C(=N/Nc1ccc(Cl)c(C(=O)[O-])c1)c1cccc2ccccc12. The predicted octanol–water partition coefficient (Wildman–Crippen LogP) is 3.69. The van der Waals surface area contributed by atoms with Gasteiger partial charge in [0.05, 0.1) is 17.4 Å². The summed E-state index contributed by atoms with van der Waals surface area (Å²) in [6.45, 7) is 1.89. The summed E-state index contributed by atoms with van der Waals surface area (Å²) in [6, 6.07) is 18.6. The van der Waals surface area contributed by atoms with Gasteiger partial charge in [-0.1, -0.05) is 54.1 Å². The molecule has 3 rings (SSSR count). The Hall–Kier alpha value is -2.85. The van der Waals surface area contributed by atoms with E-state index in [4.69, 9.17) is 11.6 Å². The average Bonchev–Trinajstić information content (AvgIpc) is 2.60. The van der Waals surface area contributed by atoms with E-state index >= 15 is 0 Å². The topological polar surface area (TPSA) is 64.5 Å². The van der Waals surface area contributed by atoms with Crippen molar-refractivity contribution in [2.24, 2.45) is 5.10 Å². The molecular weight excluding hydrogens is 324 g/mol. The largest absolute Gasteiger partial charge is 0.545 e. The quantitative estimate of drug-likeness (QED) is 0.583. The molecule has 120 valence electrons. The number of carboxylic acids is 1. The van der Waals surface area contributed by atoms with Crippen LogP contribution >= 0.6 is 11.6 Å². The zero-order chi connectivity index (χ0) is 17.1. The normalized spacial score (nSPS) is 11.5. The average molecular weight is 338 g/mol. The van der Waals surface area contributed by atoms with Gasteiger partial charge in [0, 0.05) is 16.1 Å². The Balaban J connectivity index is 1.92. The first-order chi connectivity index (χ1) is 11.6. The maximum Gasteiger partial charge on any atom is 0.0731 e. The zero-order valence-electron chi connectivity index (χ0n) is 12.9. The number of hydrazone groups is 1. The molecule has 3 aromatic rings. The predicted molar refractivity (Wildman–Crippen MR) is 95.6 cm³/mol. The molecular formula is C19H14ClN2O2-. The van der Waals surface area contributed by atoms with Crippen molar-refractivity contribution in [1.29, 1.82) is 0 Å². The fourth-order valence-electron chi connectivity index (χ4n) is 2.50. The Morgan fingerprint density at radius 3 is 2.58 bits per heavy atom. The number of benzene rings is 3. The molecule has 0 unspecified atom stereocenters. The first-order valence-electron chi connectivity index (χ1n) is 7.35. The standard InChI is InChI=1S/C19H15ClN2O2/c1-12(15-8-4-6-13-5-2-3-7-16(13)15)21-22-14-9-10-18(20)17(11-14)19(23)24/h2-11,22H,1H3,(H,23,24)/p-1/b21-12-. The highest BCUT2D eigenvalue weighted by atomic mass is 35.5. The van der Waals surface area contributed by atoms with Gasteiger partial charge in [0.25, 0.3) is 0 Å². The van der Waals surface area contributed by atoms with Gasteiger partial charge in [-0.2, -0.15) is 5.10 Å². The van der Waals surface area contributed by atoms with Crippen LogP contribution in [-0.4, -0.2) is 11.7 Å². The number of carboxylic acid groups (broad SMARTS) is 1. The highest BCUT2D eigenvalue weighted by molar-refractivity contribution is 6.33. The Labute approximate surface area is 144 Å². The van der Waals surface area contributed by atoms with Crippen molar-refractivity contribution in [3.63, 3.8) is 0 Å². The molecule has 1 N–H and O–H groups in total. The fourth-order valence-corrected chi connectivity index (χ4v) is 2.70. The van der Waals surface area contributed by atoms with Gasteiger partial charge in [-0.25, -0.2) is 0 Å². The lowest BCUT2D eigenvalue weighted by atomic mass is 10.0. The molecule has 0 saturated carbocycles. The van der Waals surface area contributed by atoms with Gasteiger partial charge in [0.2, 0.25) is 0 Å². The third kappa shape index (κ3) is 3.24. The number of fused-ring (bicyclic) bond motifs is 1. The number of anilines is 1. The molecule has 0 saturated heterocycles. The van der Waals surface area contributed by atoms with Crippen molar-refractivity contribution in [3.8, 4) is 0 Å². The van der Waals surface area contributed by atoms with E-state index in [1.54, 1.807) is 6.07 Å². The van der Waals surface area contributed by atoms with Crippen molar-refractivity contribution < 1.29 is 9.90 Å². The van der Waals surface area contributed by atoms with Crippen LogP contribution in [0.4, 0.5) is 5.69 Å². The van der Waals surface area contributed by atoms with Gasteiger partial charge in [0.1, 0.15) is 0 Å². The first kappa shape index (κ1) is 16.0. The maximum atomic E-state index is 11.0. The highest BCUT2D eigenvalue weighted by Crippen LogP contribution is 2.21. The van der Waals surface area contributed by atoms with Gasteiger partial charge in [-0.05, 0) is 35.9 Å². The third-order valence-corrected chi connectivity index (χ3v) is 4.05. The second-order valence-corrected chi connectivity index (χ2v) is 5.73. The van der Waals surface area contributed by atoms with E-state index in [9.17, 15) is 9.90 Å². The van der Waals surface area contributed by atoms with Crippen LogP contribution in [0.5, 0.6) is 0 Å². The van der Waals surface area contributed by atoms with Crippen LogP contribution in [0.1, 0.15) is 22.8 Å². The van der Waals surface area contributed by atoms with Gasteiger partial charge in [-0.3, -0.25) is 5.43 Å². The number of hydrogen-bond acceptors (Lipinski definition) is 4. The van der Waals surface area contributed by atoms with Crippen LogP contribution in [-0.2, 0) is 0 Å². The number of rotatable bonds is 4. The molecule has 0 bridgehead atoms. The molecule has 0 aromatic heterocycles. The third-order valence-electron chi connectivity index (χ3n) is 3.72. The van der Waals surface area contributed by atoms with E-state index in [0.717, 1.165) is 22.0 Å². The Morgan fingerprint density at radius 1 is 1.04 bits per heavy atom. The molecule has 0 atom stereocenters. The molecule has 0 heterocycles. The van der Waals surface area contributed by atoms with Crippen molar-refractivity contribution >= 4 is 39.7 Å². The van der Waals surface area contributed by atoms with E-state index in [1.807, 2.05) is 49.4 Å². The van der Waals surface area contributed by atoms with Crippen molar-refractivity contribution in [1.82, 2.24) is 0 Å². The van der Waals surface area contributed by atoms with Gasteiger partial charge in [-0.15, -0.1) is 0 Å². The first-order valence-corrected chi connectivity index (χ1v) is 7.73. The molecule has 24 heavy (non-hydrogen) atoms. The Bertz CT molecular complexity index is 946. The van der Waals surface area contributed by atoms with E-state index in [1.165, 1.54) is 12.1 Å². The minimum absolute atomic E-state index is 0.0697. The monoisotopic (exact) mass is 337 g/mol. The number of halogens is 1. The lowest BCUT2D eigenvalue weighted by Crippen LogP contribution is -2.22. The summed E-state index contributed by atoms with van der Waals surface area (Å²) in [4.78, 5) is 11.0. The molecule has 0 spiro atoms. The molecule has 0 aliphatic rings. The number of carbonyl (C=O) groups is 1. The van der Waals surface area contributed by atoms with E-state index < -0.39 is 5.97 Å². The van der Waals surface area contributed by atoms with Gasteiger partial charge >= 0.3 is 0 Å². The summed E-state index contributed by atoms with van der Waals surface area (Å²) in [7, 11) is 0. The Morgan fingerprint density at radius 2 is 1.79 bits per heavy atom. The molecule has 0 amide bonds. The number of carbonyl (C=O) groups excluding carboxylic acids is 1. The summed E-state index contributed by atoms with van der Waals surface area (Å²) in [5.41, 5.74) is 5.12. The minimum atomic E-state index is -1.32. The molecule has 0 radical (unpaired) electrons. The number of aromatic carboxylic acids is 1. The Kier molecular flexibility index (Phi) is 4.49. The van der Waals surface area contributed by atoms with Crippen LogP contribution in [0, 0.1) is 0 Å². The molecule has 4 nitrogen and oxygen atoms in total. The van der Waals surface area contributed by atoms with Crippen LogP contribution in [0.2, 0.25) is 5.02 Å². The van der Waals surface area contributed by atoms with Crippen molar-refractivity contribution in [2.45, 2.75) is 6.92 Å². The van der Waals surface area contributed by atoms with Crippen LogP contribution < -0.4 is 10.5 Å². The summed E-state index contributed by atoms with van der Waals surface area (Å²) >= 11 is 5.83. The summed E-state index contributed by atoms with van der Waals surface area (Å²) in [5.74, 6) is -1.32. The number of nitrogens with one attached hydrogen (secondary N) is 1. The second kappa shape index (κ2) is 6.72. The van der Waals surface area contributed by atoms with Crippen molar-refractivity contribution in [2.75, 3.05) is 5.43 Å². The fraction of sp³-hybridized carbons (Fsp3) is 0.0526. The summed E-state index contributed by atoms with van der Waals surface area (Å²) < 4.78 is 0. The molecule has 0 aliphatic carbocycles.